The van der Waals surface area contributed by atoms with E-state index in [1.165, 1.54) is 0 Å². The van der Waals surface area contributed by atoms with Crippen molar-refractivity contribution in [3.63, 3.8) is 0 Å². The molecular formula is C12H17N3O2S. The highest BCUT2D eigenvalue weighted by molar-refractivity contribution is 7.98. The Hall–Kier alpha value is -1.53. The Labute approximate surface area is 111 Å². The van der Waals surface area contributed by atoms with Crippen LogP contribution in [0.15, 0.2) is 29.2 Å². The molecule has 5 nitrogen and oxygen atoms in total. The van der Waals surface area contributed by atoms with E-state index in [1.54, 1.807) is 18.8 Å². The van der Waals surface area contributed by atoms with Crippen LogP contribution in [0.25, 0.3) is 0 Å². The van der Waals surface area contributed by atoms with Crippen molar-refractivity contribution in [1.82, 2.24) is 10.6 Å². The molecule has 0 radical (unpaired) electrons. The highest BCUT2D eigenvalue weighted by atomic mass is 32.2. The quantitative estimate of drug-likeness (QED) is 0.663. The van der Waals surface area contributed by atoms with Crippen molar-refractivity contribution < 1.29 is 9.59 Å². The maximum absolute atomic E-state index is 11.6. The number of anilines is 1. The minimum absolute atomic E-state index is 0.108. The molecule has 0 aromatic heterocycles. The Balaban J connectivity index is 2.37. The van der Waals surface area contributed by atoms with Gasteiger partial charge >= 0.3 is 0 Å². The summed E-state index contributed by atoms with van der Waals surface area (Å²) in [5, 5.41) is 7.98. The summed E-state index contributed by atoms with van der Waals surface area (Å²) in [7, 11) is 1.55. The van der Waals surface area contributed by atoms with Crippen LogP contribution in [0.1, 0.15) is 0 Å². The van der Waals surface area contributed by atoms with Gasteiger partial charge in [0.2, 0.25) is 11.8 Å². The highest BCUT2D eigenvalue weighted by Gasteiger charge is 2.03. The van der Waals surface area contributed by atoms with Crippen molar-refractivity contribution in [2.75, 3.05) is 31.7 Å². The number of hydrogen-bond donors (Lipinski definition) is 3. The third-order valence-electron chi connectivity index (χ3n) is 2.20. The van der Waals surface area contributed by atoms with Crippen molar-refractivity contribution in [3.05, 3.63) is 24.3 Å². The van der Waals surface area contributed by atoms with Gasteiger partial charge in [-0.1, -0.05) is 6.07 Å². The molecule has 2 amide bonds. The summed E-state index contributed by atoms with van der Waals surface area (Å²) in [6, 6.07) is 7.60. The zero-order valence-electron chi connectivity index (χ0n) is 10.4. The number of carbonyl (C=O) groups is 2. The zero-order chi connectivity index (χ0) is 13.4. The number of thioether (sulfide) groups is 1. The first-order valence-electron chi connectivity index (χ1n) is 5.51. The first-order valence-corrected chi connectivity index (χ1v) is 6.73. The molecule has 0 bridgehead atoms. The van der Waals surface area contributed by atoms with Crippen LogP contribution in [0.5, 0.6) is 0 Å². The van der Waals surface area contributed by atoms with E-state index < -0.39 is 0 Å². The van der Waals surface area contributed by atoms with Crippen LogP contribution < -0.4 is 16.0 Å². The summed E-state index contributed by atoms with van der Waals surface area (Å²) in [6.45, 7) is 0.242. The number of nitrogens with one attached hydrogen (secondary N) is 3. The highest BCUT2D eigenvalue weighted by Crippen LogP contribution is 2.18. The monoisotopic (exact) mass is 267 g/mol. The Morgan fingerprint density at radius 3 is 2.61 bits per heavy atom. The molecule has 0 aliphatic carbocycles. The molecule has 6 heteroatoms. The molecule has 18 heavy (non-hydrogen) atoms. The molecule has 98 valence electrons. The van der Waals surface area contributed by atoms with Crippen molar-refractivity contribution in [2.45, 2.75) is 4.90 Å². The molecule has 0 fully saturated rings. The third kappa shape index (κ3) is 5.20. The Morgan fingerprint density at radius 1 is 1.22 bits per heavy atom. The minimum Gasteiger partial charge on any atom is -0.358 e. The van der Waals surface area contributed by atoms with E-state index in [0.29, 0.717) is 0 Å². The molecule has 0 saturated heterocycles. The molecule has 0 atom stereocenters. The fourth-order valence-electron chi connectivity index (χ4n) is 1.28. The lowest BCUT2D eigenvalue weighted by Gasteiger charge is -2.07. The summed E-state index contributed by atoms with van der Waals surface area (Å²) in [5.41, 5.74) is 0.758. The lowest BCUT2D eigenvalue weighted by atomic mass is 10.3. The molecule has 1 aromatic rings. The van der Waals surface area contributed by atoms with Crippen LogP contribution in [0.2, 0.25) is 0 Å². The molecule has 0 aliphatic heterocycles. The van der Waals surface area contributed by atoms with Crippen molar-refractivity contribution >= 4 is 29.3 Å². The van der Waals surface area contributed by atoms with Crippen LogP contribution in [0.3, 0.4) is 0 Å². The van der Waals surface area contributed by atoms with Gasteiger partial charge in [0.15, 0.2) is 0 Å². The maximum Gasteiger partial charge on any atom is 0.238 e. The fraction of sp³-hybridized carbons (Fsp3) is 0.333. The second kappa shape index (κ2) is 7.73. The van der Waals surface area contributed by atoms with Gasteiger partial charge in [-0.15, -0.1) is 11.8 Å². The second-order valence-corrected chi connectivity index (χ2v) is 4.44. The third-order valence-corrected chi connectivity index (χ3v) is 2.93. The molecule has 1 aromatic carbocycles. The summed E-state index contributed by atoms with van der Waals surface area (Å²) in [5.74, 6) is -0.315. The summed E-state index contributed by atoms with van der Waals surface area (Å²) < 4.78 is 0. The van der Waals surface area contributed by atoms with E-state index in [1.807, 2.05) is 30.5 Å². The Kier molecular flexibility index (Phi) is 6.24. The van der Waals surface area contributed by atoms with Crippen molar-refractivity contribution in [1.29, 1.82) is 0 Å². The van der Waals surface area contributed by atoms with Crippen molar-refractivity contribution in [3.8, 4) is 0 Å². The van der Waals surface area contributed by atoms with Gasteiger partial charge in [-0.05, 0) is 24.5 Å². The van der Waals surface area contributed by atoms with E-state index >= 15 is 0 Å². The Morgan fingerprint density at radius 2 is 1.94 bits per heavy atom. The van der Waals surface area contributed by atoms with E-state index in [4.69, 9.17) is 0 Å². The fourth-order valence-corrected chi connectivity index (χ4v) is 1.74. The van der Waals surface area contributed by atoms with E-state index in [9.17, 15) is 9.59 Å². The number of hydrogen-bond acceptors (Lipinski definition) is 4. The molecule has 0 heterocycles. The smallest absolute Gasteiger partial charge is 0.238 e. The number of benzene rings is 1. The number of amides is 2. The van der Waals surface area contributed by atoms with Crippen LogP contribution in [-0.2, 0) is 9.59 Å². The van der Waals surface area contributed by atoms with Gasteiger partial charge in [0.1, 0.15) is 0 Å². The number of carbonyl (C=O) groups excluding carboxylic acids is 2. The van der Waals surface area contributed by atoms with Crippen LogP contribution in [-0.4, -0.2) is 38.2 Å². The molecule has 0 saturated carbocycles. The summed E-state index contributed by atoms with van der Waals surface area (Å²) in [4.78, 5) is 23.6. The van der Waals surface area contributed by atoms with Crippen LogP contribution in [0, 0.1) is 0 Å². The predicted molar refractivity (Wildman–Crippen MR) is 73.8 cm³/mol. The van der Waals surface area contributed by atoms with E-state index in [-0.39, 0.29) is 24.9 Å². The SMILES string of the molecule is CNC(=O)CNCC(=O)Nc1cccc(SC)c1. The van der Waals surface area contributed by atoms with Gasteiger partial charge in [0.25, 0.3) is 0 Å². The first kappa shape index (κ1) is 14.5. The van der Waals surface area contributed by atoms with Gasteiger partial charge in [0, 0.05) is 17.6 Å². The molecule has 3 N–H and O–H groups in total. The van der Waals surface area contributed by atoms with Crippen LogP contribution in [0.4, 0.5) is 5.69 Å². The largest absolute Gasteiger partial charge is 0.358 e. The second-order valence-electron chi connectivity index (χ2n) is 3.56. The molecule has 0 spiro atoms. The first-order chi connectivity index (χ1) is 8.65. The average Bonchev–Trinajstić information content (AvgIpc) is 2.38. The topological polar surface area (TPSA) is 70.2 Å². The van der Waals surface area contributed by atoms with Gasteiger partial charge in [-0.25, -0.2) is 0 Å². The predicted octanol–water partition coefficient (Wildman–Crippen LogP) is 0.683. The average molecular weight is 267 g/mol. The van der Waals surface area contributed by atoms with Crippen molar-refractivity contribution in [2.24, 2.45) is 0 Å². The lowest BCUT2D eigenvalue weighted by molar-refractivity contribution is -0.119. The maximum atomic E-state index is 11.6. The molecular weight excluding hydrogens is 250 g/mol. The minimum atomic E-state index is -0.169. The Bertz CT molecular complexity index is 424. The van der Waals surface area contributed by atoms with Gasteiger partial charge in [-0.2, -0.15) is 0 Å². The summed E-state index contributed by atoms with van der Waals surface area (Å²) in [6.07, 6.45) is 1.98. The normalized spacial score (nSPS) is 9.89. The molecule has 0 aliphatic rings. The van der Waals surface area contributed by atoms with E-state index in [0.717, 1.165) is 10.6 Å². The van der Waals surface area contributed by atoms with Gasteiger partial charge in [0.05, 0.1) is 13.1 Å². The number of likely N-dealkylation sites (N-methyl/N-ethyl adjacent to an activating group) is 1. The standard InChI is InChI=1S/C12H17N3O2S/c1-13-11(16)7-14-8-12(17)15-9-4-3-5-10(6-9)18-2/h3-6,14H,7-8H2,1-2H3,(H,13,16)(H,15,17). The summed E-state index contributed by atoms with van der Waals surface area (Å²) >= 11 is 1.61. The van der Waals surface area contributed by atoms with Gasteiger partial charge in [-0.3, -0.25) is 14.9 Å². The zero-order valence-corrected chi connectivity index (χ0v) is 11.3. The van der Waals surface area contributed by atoms with E-state index in [2.05, 4.69) is 16.0 Å². The van der Waals surface area contributed by atoms with Crippen LogP contribution >= 0.6 is 11.8 Å². The van der Waals surface area contributed by atoms with Gasteiger partial charge < -0.3 is 10.6 Å². The number of rotatable bonds is 6. The lowest BCUT2D eigenvalue weighted by Crippen LogP contribution is -2.36. The molecule has 0 unspecified atom stereocenters. The molecule has 1 rings (SSSR count).